The van der Waals surface area contributed by atoms with Crippen LogP contribution in [0.2, 0.25) is 0 Å². The van der Waals surface area contributed by atoms with Crippen LogP contribution in [0, 0.1) is 0 Å². The standard InChI is InChI=1S/C7H15NO2.C2H6/c1-3-5-8-6(4-2)7(9)10;1-2/h6,8H,3-5H2,1-2H3,(H,9,10);1-2H3. The summed E-state index contributed by atoms with van der Waals surface area (Å²) in [6.45, 7) is 8.66. The van der Waals surface area contributed by atoms with Crippen LogP contribution in [0.1, 0.15) is 40.5 Å². The summed E-state index contributed by atoms with van der Waals surface area (Å²) in [5, 5.41) is 11.5. The molecule has 0 aromatic carbocycles. The van der Waals surface area contributed by atoms with Gasteiger partial charge in [-0.3, -0.25) is 4.79 Å². The molecule has 1 atom stereocenters. The number of carboxylic acids is 1. The van der Waals surface area contributed by atoms with Crippen molar-refractivity contribution in [2.24, 2.45) is 0 Å². The van der Waals surface area contributed by atoms with Crippen LogP contribution in [0.25, 0.3) is 0 Å². The molecule has 2 N–H and O–H groups in total. The Morgan fingerprint density at radius 3 is 2.17 bits per heavy atom. The number of hydrogen-bond acceptors (Lipinski definition) is 2. The largest absolute Gasteiger partial charge is 0.480 e. The number of nitrogens with one attached hydrogen (secondary N) is 1. The van der Waals surface area contributed by atoms with Crippen molar-refractivity contribution >= 4 is 5.97 Å². The van der Waals surface area contributed by atoms with Gasteiger partial charge in [0, 0.05) is 0 Å². The zero-order chi connectivity index (χ0) is 9.98. The van der Waals surface area contributed by atoms with Crippen LogP contribution in [-0.2, 0) is 4.79 Å². The van der Waals surface area contributed by atoms with Crippen LogP contribution in [0.15, 0.2) is 0 Å². The van der Waals surface area contributed by atoms with E-state index in [0.29, 0.717) is 6.42 Å². The summed E-state index contributed by atoms with van der Waals surface area (Å²) in [5.41, 5.74) is 0. The predicted molar refractivity (Wildman–Crippen MR) is 51.4 cm³/mol. The van der Waals surface area contributed by atoms with E-state index in [9.17, 15) is 4.79 Å². The average molecular weight is 175 g/mol. The first kappa shape index (κ1) is 14.0. The van der Waals surface area contributed by atoms with Gasteiger partial charge in [0.25, 0.3) is 0 Å². The summed E-state index contributed by atoms with van der Waals surface area (Å²) in [6, 6.07) is -0.361. The highest BCUT2D eigenvalue weighted by Crippen LogP contribution is 1.89. The van der Waals surface area contributed by atoms with E-state index in [2.05, 4.69) is 5.32 Å². The summed E-state index contributed by atoms with van der Waals surface area (Å²) < 4.78 is 0. The lowest BCUT2D eigenvalue weighted by molar-refractivity contribution is -0.139. The third-order valence-electron chi connectivity index (χ3n) is 1.35. The highest BCUT2D eigenvalue weighted by atomic mass is 16.4. The fraction of sp³-hybridized carbons (Fsp3) is 0.889. The second-order valence-electron chi connectivity index (χ2n) is 2.25. The van der Waals surface area contributed by atoms with Gasteiger partial charge in [0.05, 0.1) is 0 Å². The summed E-state index contributed by atoms with van der Waals surface area (Å²) >= 11 is 0. The molecular weight excluding hydrogens is 154 g/mol. The zero-order valence-corrected chi connectivity index (χ0v) is 8.55. The van der Waals surface area contributed by atoms with E-state index in [-0.39, 0.29) is 6.04 Å². The summed E-state index contributed by atoms with van der Waals surface area (Å²) in [7, 11) is 0. The molecule has 0 aliphatic rings. The smallest absolute Gasteiger partial charge is 0.320 e. The van der Waals surface area contributed by atoms with Gasteiger partial charge in [-0.2, -0.15) is 0 Å². The maximum atomic E-state index is 10.4. The normalized spacial score (nSPS) is 11.3. The molecule has 3 nitrogen and oxygen atoms in total. The Hall–Kier alpha value is -0.570. The Kier molecular flexibility index (Phi) is 12.2. The van der Waals surface area contributed by atoms with E-state index in [1.54, 1.807) is 0 Å². The van der Waals surface area contributed by atoms with Crippen molar-refractivity contribution < 1.29 is 9.90 Å². The van der Waals surface area contributed by atoms with Crippen molar-refractivity contribution in [1.82, 2.24) is 5.32 Å². The van der Waals surface area contributed by atoms with E-state index in [4.69, 9.17) is 5.11 Å². The van der Waals surface area contributed by atoms with E-state index in [0.717, 1.165) is 13.0 Å². The zero-order valence-electron chi connectivity index (χ0n) is 8.55. The molecule has 1 unspecified atom stereocenters. The highest BCUT2D eigenvalue weighted by molar-refractivity contribution is 5.73. The third kappa shape index (κ3) is 7.54. The minimum Gasteiger partial charge on any atom is -0.480 e. The van der Waals surface area contributed by atoms with E-state index >= 15 is 0 Å². The molecule has 0 spiro atoms. The highest BCUT2D eigenvalue weighted by Gasteiger charge is 2.11. The van der Waals surface area contributed by atoms with Gasteiger partial charge in [0.1, 0.15) is 6.04 Å². The van der Waals surface area contributed by atoms with Gasteiger partial charge in [0.15, 0.2) is 0 Å². The average Bonchev–Trinajstić information content (AvgIpc) is 2.09. The first-order valence-electron chi connectivity index (χ1n) is 4.68. The van der Waals surface area contributed by atoms with Crippen molar-refractivity contribution in [2.45, 2.75) is 46.6 Å². The Labute approximate surface area is 75.2 Å². The van der Waals surface area contributed by atoms with Gasteiger partial charge in [-0.05, 0) is 19.4 Å². The fourth-order valence-electron chi connectivity index (χ4n) is 0.725. The lowest BCUT2D eigenvalue weighted by atomic mass is 10.2. The van der Waals surface area contributed by atoms with Crippen LogP contribution < -0.4 is 5.32 Å². The molecule has 0 aliphatic heterocycles. The minimum absolute atomic E-state index is 0.361. The lowest BCUT2D eigenvalue weighted by Gasteiger charge is -2.09. The molecule has 0 radical (unpaired) electrons. The fourth-order valence-corrected chi connectivity index (χ4v) is 0.725. The molecule has 0 aromatic rings. The van der Waals surface area contributed by atoms with Gasteiger partial charge in [-0.25, -0.2) is 0 Å². The Bertz CT molecular complexity index is 105. The second kappa shape index (κ2) is 10.4. The summed E-state index contributed by atoms with van der Waals surface area (Å²) in [6.07, 6.45) is 1.62. The minimum atomic E-state index is -0.754. The van der Waals surface area contributed by atoms with Crippen molar-refractivity contribution in [1.29, 1.82) is 0 Å². The van der Waals surface area contributed by atoms with Crippen LogP contribution in [0.4, 0.5) is 0 Å². The molecule has 0 bridgehead atoms. The number of hydrogen-bond donors (Lipinski definition) is 2. The number of carbonyl (C=O) groups is 1. The Morgan fingerprint density at radius 1 is 1.42 bits per heavy atom. The molecule has 3 heteroatoms. The molecule has 74 valence electrons. The topological polar surface area (TPSA) is 49.3 Å². The molecule has 0 saturated carbocycles. The van der Waals surface area contributed by atoms with Gasteiger partial charge in [-0.1, -0.05) is 27.7 Å². The van der Waals surface area contributed by atoms with E-state index < -0.39 is 5.97 Å². The molecule has 0 amide bonds. The third-order valence-corrected chi connectivity index (χ3v) is 1.35. The molecule has 0 saturated heterocycles. The lowest BCUT2D eigenvalue weighted by Crippen LogP contribution is -2.36. The summed E-state index contributed by atoms with van der Waals surface area (Å²) in [4.78, 5) is 10.4. The van der Waals surface area contributed by atoms with E-state index in [1.165, 1.54) is 0 Å². The molecule has 0 aromatic heterocycles. The molecule has 0 aliphatic carbocycles. The molecule has 0 fully saturated rings. The maximum Gasteiger partial charge on any atom is 0.320 e. The van der Waals surface area contributed by atoms with Gasteiger partial charge < -0.3 is 10.4 Å². The first-order chi connectivity index (χ1) is 5.72. The summed E-state index contributed by atoms with van der Waals surface area (Å²) in [5.74, 6) is -0.754. The van der Waals surface area contributed by atoms with Crippen LogP contribution in [0.5, 0.6) is 0 Å². The molecule has 12 heavy (non-hydrogen) atoms. The van der Waals surface area contributed by atoms with E-state index in [1.807, 2.05) is 27.7 Å². The second-order valence-corrected chi connectivity index (χ2v) is 2.25. The molecule has 0 rings (SSSR count). The Balaban J connectivity index is 0. The Morgan fingerprint density at radius 2 is 1.92 bits per heavy atom. The van der Waals surface area contributed by atoms with Gasteiger partial charge in [0.2, 0.25) is 0 Å². The number of rotatable bonds is 5. The SMILES string of the molecule is CC.CCCNC(CC)C(=O)O. The van der Waals surface area contributed by atoms with Crippen LogP contribution in [-0.4, -0.2) is 23.7 Å². The van der Waals surface area contributed by atoms with Crippen LogP contribution >= 0.6 is 0 Å². The van der Waals surface area contributed by atoms with Gasteiger partial charge >= 0.3 is 5.97 Å². The number of carboxylic acid groups (broad SMARTS) is 1. The van der Waals surface area contributed by atoms with Crippen molar-refractivity contribution in [3.8, 4) is 0 Å². The quantitative estimate of drug-likeness (QED) is 0.670. The molecule has 0 heterocycles. The number of aliphatic carboxylic acids is 1. The monoisotopic (exact) mass is 175 g/mol. The van der Waals surface area contributed by atoms with Crippen LogP contribution in [0.3, 0.4) is 0 Å². The van der Waals surface area contributed by atoms with Crippen molar-refractivity contribution in [3.63, 3.8) is 0 Å². The van der Waals surface area contributed by atoms with Crippen molar-refractivity contribution in [2.75, 3.05) is 6.54 Å². The predicted octanol–water partition coefficient (Wildman–Crippen LogP) is 1.88. The first-order valence-corrected chi connectivity index (χ1v) is 4.68. The maximum absolute atomic E-state index is 10.4. The van der Waals surface area contributed by atoms with Gasteiger partial charge in [-0.15, -0.1) is 0 Å². The van der Waals surface area contributed by atoms with Crippen molar-refractivity contribution in [3.05, 3.63) is 0 Å². The molecular formula is C9H21NO2.